The molecule has 0 saturated carbocycles. The average molecular weight is 378 g/mol. The summed E-state index contributed by atoms with van der Waals surface area (Å²) in [6.45, 7) is 5.66. The highest BCUT2D eigenvalue weighted by Gasteiger charge is 2.13. The second kappa shape index (κ2) is 8.39. The largest absolute Gasteiger partial charge is 0.483 e. The van der Waals surface area contributed by atoms with Crippen molar-refractivity contribution in [1.82, 2.24) is 21.0 Å². The van der Waals surface area contributed by atoms with Crippen molar-refractivity contribution in [1.29, 1.82) is 0 Å². The van der Waals surface area contributed by atoms with Gasteiger partial charge in [0.15, 0.2) is 6.61 Å². The van der Waals surface area contributed by atoms with Gasteiger partial charge in [-0.25, -0.2) is 0 Å². The lowest BCUT2D eigenvalue weighted by molar-refractivity contribution is -0.123. The van der Waals surface area contributed by atoms with E-state index in [4.69, 9.17) is 4.74 Å². The van der Waals surface area contributed by atoms with Gasteiger partial charge < -0.3 is 4.74 Å². The molecule has 7 nitrogen and oxygen atoms in total. The van der Waals surface area contributed by atoms with Gasteiger partial charge in [-0.15, -0.1) is 0 Å². The number of hydrogen-bond donors (Lipinski definition) is 3. The van der Waals surface area contributed by atoms with E-state index in [0.29, 0.717) is 11.4 Å². The maximum atomic E-state index is 12.2. The highest BCUT2D eigenvalue weighted by atomic mass is 16.5. The van der Waals surface area contributed by atoms with Crippen LogP contribution in [-0.4, -0.2) is 28.6 Å². The van der Waals surface area contributed by atoms with Gasteiger partial charge in [-0.2, -0.15) is 5.10 Å². The molecule has 0 saturated heterocycles. The van der Waals surface area contributed by atoms with Gasteiger partial charge in [-0.1, -0.05) is 48.0 Å². The average Bonchev–Trinajstić information content (AvgIpc) is 3.16. The van der Waals surface area contributed by atoms with Crippen molar-refractivity contribution in [3.05, 3.63) is 70.9 Å². The number of nitrogens with one attached hydrogen (secondary N) is 3. The van der Waals surface area contributed by atoms with Crippen LogP contribution >= 0.6 is 0 Å². The second-order valence-corrected chi connectivity index (χ2v) is 6.55. The normalized spacial score (nSPS) is 10.4. The first-order chi connectivity index (χ1) is 13.4. The third-order valence-electron chi connectivity index (χ3n) is 4.16. The lowest BCUT2D eigenvalue weighted by Crippen LogP contribution is -2.44. The molecule has 3 aromatic rings. The standard InChI is InChI=1S/C21H22N4O3/c1-13-9-14(2)20(15(3)10-13)28-12-19(26)24-25-21(27)18-11-17(22-23-18)16-7-5-4-6-8-16/h4-11H,12H2,1-3H3,(H,22,23)(H,24,26)(H,25,27). The Bertz CT molecular complexity index is 973. The molecule has 0 bridgehead atoms. The molecular weight excluding hydrogens is 356 g/mol. The number of aryl methyl sites for hydroxylation is 3. The van der Waals surface area contributed by atoms with Gasteiger partial charge in [0.2, 0.25) is 0 Å². The van der Waals surface area contributed by atoms with Crippen LogP contribution in [0.2, 0.25) is 0 Å². The van der Waals surface area contributed by atoms with E-state index in [1.54, 1.807) is 6.07 Å². The van der Waals surface area contributed by atoms with E-state index in [0.717, 1.165) is 22.3 Å². The number of nitrogens with zero attached hydrogens (tertiary/aromatic N) is 1. The van der Waals surface area contributed by atoms with Crippen molar-refractivity contribution in [3.63, 3.8) is 0 Å². The molecule has 2 amide bonds. The predicted molar refractivity (Wildman–Crippen MR) is 106 cm³/mol. The Morgan fingerprint density at radius 2 is 1.68 bits per heavy atom. The minimum atomic E-state index is -0.495. The highest BCUT2D eigenvalue weighted by molar-refractivity contribution is 5.94. The number of aromatic nitrogens is 2. The van der Waals surface area contributed by atoms with E-state index >= 15 is 0 Å². The Balaban J connectivity index is 1.52. The number of H-pyrrole nitrogens is 1. The van der Waals surface area contributed by atoms with E-state index in [1.165, 1.54) is 0 Å². The highest BCUT2D eigenvalue weighted by Crippen LogP contribution is 2.24. The van der Waals surface area contributed by atoms with Crippen molar-refractivity contribution in [2.24, 2.45) is 0 Å². The summed E-state index contributed by atoms with van der Waals surface area (Å²) in [4.78, 5) is 24.2. The zero-order chi connectivity index (χ0) is 20.1. The van der Waals surface area contributed by atoms with Gasteiger partial charge >= 0.3 is 0 Å². The zero-order valence-corrected chi connectivity index (χ0v) is 16.0. The van der Waals surface area contributed by atoms with E-state index in [9.17, 15) is 9.59 Å². The van der Waals surface area contributed by atoms with Crippen LogP contribution in [0.5, 0.6) is 5.75 Å². The van der Waals surface area contributed by atoms with Crippen LogP contribution in [0.4, 0.5) is 0 Å². The van der Waals surface area contributed by atoms with E-state index in [2.05, 4.69) is 21.0 Å². The topological polar surface area (TPSA) is 96.1 Å². The minimum absolute atomic E-state index is 0.205. The molecule has 3 N–H and O–H groups in total. The van der Waals surface area contributed by atoms with E-state index in [-0.39, 0.29) is 12.3 Å². The van der Waals surface area contributed by atoms with Crippen molar-refractivity contribution in [2.75, 3.05) is 6.61 Å². The fourth-order valence-corrected chi connectivity index (χ4v) is 2.96. The van der Waals surface area contributed by atoms with Crippen molar-refractivity contribution in [2.45, 2.75) is 20.8 Å². The molecule has 2 aromatic carbocycles. The molecule has 0 aliphatic rings. The summed E-state index contributed by atoms with van der Waals surface area (Å²) in [7, 11) is 0. The molecule has 0 aliphatic heterocycles. The molecular formula is C21H22N4O3. The first-order valence-electron chi connectivity index (χ1n) is 8.84. The van der Waals surface area contributed by atoms with Crippen LogP contribution in [0.1, 0.15) is 27.2 Å². The van der Waals surface area contributed by atoms with Crippen LogP contribution < -0.4 is 15.6 Å². The molecule has 0 atom stereocenters. The Labute approximate surface area is 163 Å². The first-order valence-corrected chi connectivity index (χ1v) is 8.84. The number of rotatable bonds is 5. The summed E-state index contributed by atoms with van der Waals surface area (Å²) >= 11 is 0. The summed E-state index contributed by atoms with van der Waals surface area (Å²) in [6, 6.07) is 15.1. The van der Waals surface area contributed by atoms with E-state index < -0.39 is 11.8 Å². The molecule has 1 heterocycles. The maximum absolute atomic E-state index is 12.2. The van der Waals surface area contributed by atoms with Gasteiger partial charge in [0, 0.05) is 5.56 Å². The monoisotopic (exact) mass is 378 g/mol. The molecule has 0 radical (unpaired) electrons. The Morgan fingerprint density at radius 3 is 2.36 bits per heavy atom. The summed E-state index contributed by atoms with van der Waals surface area (Å²) in [6.07, 6.45) is 0. The fourth-order valence-electron chi connectivity index (χ4n) is 2.96. The van der Waals surface area contributed by atoms with Crippen molar-refractivity contribution < 1.29 is 14.3 Å². The zero-order valence-electron chi connectivity index (χ0n) is 16.0. The van der Waals surface area contributed by atoms with E-state index in [1.807, 2.05) is 63.2 Å². The fraction of sp³-hybridized carbons (Fsp3) is 0.190. The number of aromatic amines is 1. The van der Waals surface area contributed by atoms with Crippen LogP contribution in [0.3, 0.4) is 0 Å². The Hall–Kier alpha value is -3.61. The van der Waals surface area contributed by atoms with Crippen LogP contribution in [0, 0.1) is 20.8 Å². The van der Waals surface area contributed by atoms with Crippen molar-refractivity contribution in [3.8, 4) is 17.0 Å². The number of hydrazine groups is 1. The summed E-state index contributed by atoms with van der Waals surface area (Å²) in [5.41, 5.74) is 9.51. The molecule has 0 fully saturated rings. The van der Waals surface area contributed by atoms with Crippen LogP contribution in [0.15, 0.2) is 48.5 Å². The third-order valence-corrected chi connectivity index (χ3v) is 4.16. The number of ether oxygens (including phenoxy) is 1. The minimum Gasteiger partial charge on any atom is -0.483 e. The lowest BCUT2D eigenvalue weighted by Gasteiger charge is -2.13. The van der Waals surface area contributed by atoms with Gasteiger partial charge in [0.1, 0.15) is 11.4 Å². The van der Waals surface area contributed by atoms with Gasteiger partial charge in [0.25, 0.3) is 11.8 Å². The Kier molecular flexibility index (Phi) is 5.74. The van der Waals surface area contributed by atoms with Crippen LogP contribution in [0.25, 0.3) is 11.3 Å². The molecule has 0 aliphatic carbocycles. The second-order valence-electron chi connectivity index (χ2n) is 6.55. The van der Waals surface area contributed by atoms with Crippen molar-refractivity contribution >= 4 is 11.8 Å². The quantitative estimate of drug-likeness (QED) is 0.595. The number of hydrogen-bond acceptors (Lipinski definition) is 4. The van der Waals surface area contributed by atoms with Gasteiger partial charge in [-0.3, -0.25) is 25.5 Å². The smallest absolute Gasteiger partial charge is 0.287 e. The molecule has 3 rings (SSSR count). The lowest BCUT2D eigenvalue weighted by atomic mass is 10.1. The number of amides is 2. The molecule has 0 spiro atoms. The predicted octanol–water partition coefficient (Wildman–Crippen LogP) is 2.84. The molecule has 7 heteroatoms. The Morgan fingerprint density at radius 1 is 1.00 bits per heavy atom. The molecule has 144 valence electrons. The summed E-state index contributed by atoms with van der Waals surface area (Å²) in [5, 5.41) is 6.78. The molecule has 0 unspecified atom stereocenters. The van der Waals surface area contributed by atoms with Gasteiger partial charge in [-0.05, 0) is 38.0 Å². The molecule has 1 aromatic heterocycles. The number of carbonyl (C=O) groups excluding carboxylic acids is 2. The maximum Gasteiger partial charge on any atom is 0.287 e. The SMILES string of the molecule is Cc1cc(C)c(OCC(=O)NNC(=O)c2cc(-c3ccccc3)n[nH]2)c(C)c1. The third kappa shape index (κ3) is 4.56. The first kappa shape index (κ1) is 19.2. The number of benzene rings is 2. The summed E-state index contributed by atoms with van der Waals surface area (Å²) in [5.74, 6) is -0.283. The summed E-state index contributed by atoms with van der Waals surface area (Å²) < 4.78 is 5.60. The molecule has 28 heavy (non-hydrogen) atoms. The van der Waals surface area contributed by atoms with Crippen LogP contribution in [-0.2, 0) is 4.79 Å². The van der Waals surface area contributed by atoms with Gasteiger partial charge in [0.05, 0.1) is 5.69 Å². The number of carbonyl (C=O) groups is 2.